The number of alkyl halides is 3. The summed E-state index contributed by atoms with van der Waals surface area (Å²) >= 11 is 13.9. The van der Waals surface area contributed by atoms with Gasteiger partial charge in [0.1, 0.15) is 0 Å². The highest BCUT2D eigenvalue weighted by atomic mass is 79.9. The quantitative estimate of drug-likeness (QED) is 0.241. The molecule has 0 aliphatic carbocycles. The molecular weight excluding hydrogens is 523 g/mol. The molecule has 0 unspecified atom stereocenters. The molecule has 0 saturated carbocycles. The average molecular weight is 564 g/mol. The number of halogens is 3. The maximum absolute atomic E-state index is 5.62. The van der Waals surface area contributed by atoms with E-state index >= 15 is 0 Å². The molecular formula is C16H41BrCl2N2O6Si2. The molecule has 0 spiro atoms. The van der Waals surface area contributed by atoms with Crippen LogP contribution in [0.2, 0.25) is 12.1 Å². The predicted molar refractivity (Wildman–Crippen MR) is 130 cm³/mol. The Bertz CT molecular complexity index is 319. The highest BCUT2D eigenvalue weighted by Crippen LogP contribution is 2.12. The van der Waals surface area contributed by atoms with E-state index in [0.29, 0.717) is 11.8 Å². The Labute approximate surface area is 198 Å². The monoisotopic (exact) mass is 562 g/mol. The van der Waals surface area contributed by atoms with Crippen LogP contribution >= 0.6 is 39.1 Å². The van der Waals surface area contributed by atoms with Gasteiger partial charge in [0, 0.05) is 84.9 Å². The third-order valence-electron chi connectivity index (χ3n) is 3.88. The number of nitrogens with one attached hydrogen (secondary N) is 1. The summed E-state index contributed by atoms with van der Waals surface area (Å²) in [6.45, 7) is 2.58. The van der Waals surface area contributed by atoms with Crippen molar-refractivity contribution in [1.29, 1.82) is 0 Å². The first-order chi connectivity index (χ1) is 13.8. The van der Waals surface area contributed by atoms with E-state index in [-0.39, 0.29) is 0 Å². The Hall–Kier alpha value is 1.17. The Morgan fingerprint density at radius 2 is 1.14 bits per heavy atom. The number of rotatable bonds is 15. The normalized spacial score (nSPS) is 11.6. The molecule has 0 saturated heterocycles. The standard InChI is InChI=1S/C8H20ClNO3Si.C6H17NO3Si.C2H4BrCl/c1-10(6-5-9)7-8-14(11-2,12-3)13-4;1-7-5-6-11(8-2,9-3)10-4;3-1-2-4/h5-8H2,1-4H3;7H,5-6H2,1-4H3;1-2H2. The van der Waals surface area contributed by atoms with Crippen LogP contribution in [0.3, 0.4) is 0 Å². The summed E-state index contributed by atoms with van der Waals surface area (Å²) < 4.78 is 31.5. The predicted octanol–water partition coefficient (Wildman–Crippen LogP) is 2.74. The first-order valence-electron chi connectivity index (χ1n) is 9.12. The van der Waals surface area contributed by atoms with Gasteiger partial charge in [-0.05, 0) is 20.6 Å². The minimum absolute atomic E-state index is 0.637. The highest BCUT2D eigenvalue weighted by molar-refractivity contribution is 9.09. The van der Waals surface area contributed by atoms with Gasteiger partial charge in [0.15, 0.2) is 0 Å². The summed E-state index contributed by atoms with van der Waals surface area (Å²) in [6, 6.07) is 1.58. The zero-order chi connectivity index (χ0) is 23.2. The van der Waals surface area contributed by atoms with Gasteiger partial charge in [-0.3, -0.25) is 0 Å². The second-order valence-corrected chi connectivity index (χ2v) is 13.3. The third kappa shape index (κ3) is 18.4. The molecule has 0 amide bonds. The maximum atomic E-state index is 5.62. The fourth-order valence-electron chi connectivity index (χ4n) is 1.97. The zero-order valence-electron chi connectivity index (χ0n) is 19.2. The van der Waals surface area contributed by atoms with Gasteiger partial charge in [-0.1, -0.05) is 15.9 Å². The van der Waals surface area contributed by atoms with Gasteiger partial charge >= 0.3 is 17.6 Å². The lowest BCUT2D eigenvalue weighted by Gasteiger charge is -2.26. The van der Waals surface area contributed by atoms with E-state index in [1.165, 1.54) is 0 Å². The first kappa shape index (κ1) is 34.8. The molecule has 0 aromatic carbocycles. The fourth-order valence-corrected chi connectivity index (χ4v) is 5.70. The van der Waals surface area contributed by atoms with Crippen LogP contribution in [-0.4, -0.2) is 116 Å². The Morgan fingerprint density at radius 1 is 0.759 bits per heavy atom. The van der Waals surface area contributed by atoms with Crippen molar-refractivity contribution in [3.05, 3.63) is 0 Å². The van der Waals surface area contributed by atoms with Crippen molar-refractivity contribution in [2.45, 2.75) is 12.1 Å². The van der Waals surface area contributed by atoms with Crippen molar-refractivity contribution >= 4 is 56.7 Å². The molecule has 180 valence electrons. The summed E-state index contributed by atoms with van der Waals surface area (Å²) in [5.74, 6) is 1.35. The van der Waals surface area contributed by atoms with Gasteiger partial charge in [0.2, 0.25) is 0 Å². The van der Waals surface area contributed by atoms with Crippen molar-refractivity contribution in [3.8, 4) is 0 Å². The van der Waals surface area contributed by atoms with E-state index in [0.717, 1.165) is 37.1 Å². The average Bonchev–Trinajstić information content (AvgIpc) is 2.77. The van der Waals surface area contributed by atoms with Gasteiger partial charge in [0.05, 0.1) is 0 Å². The summed E-state index contributed by atoms with van der Waals surface area (Å²) in [5, 5.41) is 3.92. The Kier molecular flexibility index (Phi) is 28.6. The van der Waals surface area contributed by atoms with Gasteiger partial charge in [-0.2, -0.15) is 0 Å². The number of hydrogen-bond donors (Lipinski definition) is 1. The van der Waals surface area contributed by atoms with Crippen LogP contribution in [0.4, 0.5) is 0 Å². The Balaban J connectivity index is -0.000000401. The molecule has 29 heavy (non-hydrogen) atoms. The molecule has 13 heteroatoms. The Morgan fingerprint density at radius 3 is 1.41 bits per heavy atom. The van der Waals surface area contributed by atoms with Crippen molar-refractivity contribution < 1.29 is 26.6 Å². The SMILES string of the molecule is CNCC[Si](OC)(OC)OC.CO[Si](CCN(C)CCCl)(OC)OC.ClCCBr. The summed E-state index contributed by atoms with van der Waals surface area (Å²) in [6.07, 6.45) is 0. The smallest absolute Gasteiger partial charge is 0.377 e. The van der Waals surface area contributed by atoms with Crippen LogP contribution in [0.5, 0.6) is 0 Å². The lowest BCUT2D eigenvalue weighted by molar-refractivity contribution is 0.120. The molecule has 0 aromatic rings. The van der Waals surface area contributed by atoms with Crippen molar-refractivity contribution in [2.24, 2.45) is 0 Å². The summed E-state index contributed by atoms with van der Waals surface area (Å²) in [4.78, 5) is 2.13. The van der Waals surface area contributed by atoms with E-state index in [9.17, 15) is 0 Å². The van der Waals surface area contributed by atoms with E-state index in [2.05, 4.69) is 26.1 Å². The van der Waals surface area contributed by atoms with Gasteiger partial charge < -0.3 is 36.8 Å². The van der Waals surface area contributed by atoms with E-state index in [4.69, 9.17) is 49.8 Å². The van der Waals surface area contributed by atoms with E-state index in [1.807, 2.05) is 14.1 Å². The van der Waals surface area contributed by atoms with E-state index < -0.39 is 17.6 Å². The number of nitrogens with zero attached hydrogens (tertiary/aromatic N) is 1. The first-order valence-corrected chi connectivity index (χ1v) is 15.2. The molecule has 0 aliphatic rings. The molecule has 0 heterocycles. The minimum atomic E-state index is -2.39. The van der Waals surface area contributed by atoms with E-state index in [1.54, 1.807) is 42.7 Å². The number of hydrogen-bond acceptors (Lipinski definition) is 8. The molecule has 0 atom stereocenters. The van der Waals surface area contributed by atoms with Crippen LogP contribution in [0.25, 0.3) is 0 Å². The van der Waals surface area contributed by atoms with Gasteiger partial charge in [-0.15, -0.1) is 23.2 Å². The maximum Gasteiger partial charge on any atom is 0.501 e. The van der Waals surface area contributed by atoms with Gasteiger partial charge in [-0.25, -0.2) is 0 Å². The second-order valence-electron chi connectivity index (χ2n) is 5.56. The van der Waals surface area contributed by atoms with Crippen LogP contribution in [-0.2, 0) is 26.6 Å². The molecule has 8 nitrogen and oxygen atoms in total. The lowest BCUT2D eigenvalue weighted by Crippen LogP contribution is -2.45. The topological polar surface area (TPSA) is 70.7 Å². The lowest BCUT2D eigenvalue weighted by atomic mass is 10.6. The zero-order valence-corrected chi connectivity index (χ0v) is 24.3. The fraction of sp³-hybridized carbons (Fsp3) is 1.00. The molecule has 1 N–H and O–H groups in total. The van der Waals surface area contributed by atoms with Crippen LogP contribution in [0.1, 0.15) is 0 Å². The highest BCUT2D eigenvalue weighted by Gasteiger charge is 2.37. The van der Waals surface area contributed by atoms with Crippen molar-refractivity contribution in [2.75, 3.05) is 93.5 Å². The molecule has 0 rings (SSSR count). The largest absolute Gasteiger partial charge is 0.501 e. The molecule has 0 bridgehead atoms. The van der Waals surface area contributed by atoms with Crippen molar-refractivity contribution in [3.63, 3.8) is 0 Å². The van der Waals surface area contributed by atoms with Crippen LogP contribution < -0.4 is 5.32 Å². The molecule has 0 aromatic heterocycles. The van der Waals surface area contributed by atoms with Crippen molar-refractivity contribution in [1.82, 2.24) is 10.2 Å². The minimum Gasteiger partial charge on any atom is -0.377 e. The molecule has 0 radical (unpaired) electrons. The summed E-state index contributed by atoms with van der Waals surface area (Å²) in [7, 11) is 8.95. The van der Waals surface area contributed by atoms with Gasteiger partial charge in [0.25, 0.3) is 0 Å². The van der Waals surface area contributed by atoms with Crippen LogP contribution in [0, 0.1) is 0 Å². The van der Waals surface area contributed by atoms with Crippen LogP contribution in [0.15, 0.2) is 0 Å². The third-order valence-corrected chi connectivity index (χ3v) is 10.5. The molecule has 0 aliphatic heterocycles. The summed E-state index contributed by atoms with van der Waals surface area (Å²) in [5.41, 5.74) is 0. The molecule has 0 fully saturated rings. The second kappa shape index (κ2) is 23.8.